The number of nitrogens with one attached hydrogen (secondary N) is 1. The van der Waals surface area contributed by atoms with Crippen molar-refractivity contribution in [3.05, 3.63) is 35.9 Å². The molecule has 0 radical (unpaired) electrons. The molecule has 1 N–H and O–H groups in total. The molecule has 2 rings (SSSR count). The first-order valence-electron chi connectivity index (χ1n) is 8.35. The van der Waals surface area contributed by atoms with Gasteiger partial charge in [-0.25, -0.2) is 0 Å². The summed E-state index contributed by atoms with van der Waals surface area (Å²) < 4.78 is 0. The molecular weight excluding hydrogens is 276 g/mol. The lowest BCUT2D eigenvalue weighted by molar-refractivity contribution is 0.254. The van der Waals surface area contributed by atoms with E-state index in [1.54, 1.807) is 0 Å². The molecule has 1 aromatic rings. The van der Waals surface area contributed by atoms with E-state index in [0.717, 1.165) is 17.0 Å². The molecule has 0 bridgehead atoms. The zero-order valence-electron chi connectivity index (χ0n) is 13.7. The van der Waals surface area contributed by atoms with Crippen LogP contribution in [0.15, 0.2) is 30.3 Å². The minimum atomic E-state index is 0.492. The van der Waals surface area contributed by atoms with Gasteiger partial charge in [0.1, 0.15) is 0 Å². The first kappa shape index (κ1) is 16.9. The molecule has 21 heavy (non-hydrogen) atoms. The van der Waals surface area contributed by atoms with Gasteiger partial charge >= 0.3 is 0 Å². The van der Waals surface area contributed by atoms with E-state index in [1.807, 2.05) is 0 Å². The average Bonchev–Trinajstić information content (AvgIpc) is 2.47. The van der Waals surface area contributed by atoms with E-state index in [1.165, 1.54) is 38.0 Å². The smallest absolute Gasteiger partial charge is 0.0332 e. The lowest BCUT2D eigenvalue weighted by Gasteiger charge is -2.35. The highest BCUT2D eigenvalue weighted by molar-refractivity contribution is 8.00. The predicted octanol–water partition coefficient (Wildman–Crippen LogP) is 3.94. The van der Waals surface area contributed by atoms with Crippen molar-refractivity contribution in [3.8, 4) is 0 Å². The van der Waals surface area contributed by atoms with Crippen LogP contribution < -0.4 is 5.32 Å². The summed E-state index contributed by atoms with van der Waals surface area (Å²) in [5.41, 5.74) is 1.43. The van der Waals surface area contributed by atoms with Crippen LogP contribution in [0, 0.1) is 0 Å². The Hall–Kier alpha value is -0.510. The lowest BCUT2D eigenvalue weighted by Crippen LogP contribution is -2.41. The van der Waals surface area contributed by atoms with Crippen LogP contribution in [-0.4, -0.2) is 41.6 Å². The monoisotopic (exact) mass is 306 g/mol. The Balaban J connectivity index is 1.89. The SMILES string of the molecule is CCCNC(CCN1CC(C)SC(C)C1)c1ccccc1. The van der Waals surface area contributed by atoms with Crippen molar-refractivity contribution >= 4 is 11.8 Å². The maximum atomic E-state index is 3.72. The van der Waals surface area contributed by atoms with Crippen molar-refractivity contribution in [2.75, 3.05) is 26.2 Å². The highest BCUT2D eigenvalue weighted by Crippen LogP contribution is 2.26. The van der Waals surface area contributed by atoms with Crippen LogP contribution in [0.1, 0.15) is 45.2 Å². The first-order chi connectivity index (χ1) is 10.2. The van der Waals surface area contributed by atoms with Crippen LogP contribution in [0.2, 0.25) is 0 Å². The Bertz CT molecular complexity index is 385. The summed E-state index contributed by atoms with van der Waals surface area (Å²) in [5, 5.41) is 5.26. The molecule has 1 fully saturated rings. The van der Waals surface area contributed by atoms with Gasteiger partial charge < -0.3 is 10.2 Å². The number of thioether (sulfide) groups is 1. The molecule has 1 aliphatic rings. The van der Waals surface area contributed by atoms with Gasteiger partial charge in [0, 0.05) is 36.2 Å². The zero-order chi connectivity index (χ0) is 15.1. The van der Waals surface area contributed by atoms with Gasteiger partial charge in [-0.15, -0.1) is 0 Å². The topological polar surface area (TPSA) is 15.3 Å². The van der Waals surface area contributed by atoms with Gasteiger partial charge in [-0.1, -0.05) is 51.1 Å². The third-order valence-electron chi connectivity index (χ3n) is 4.07. The van der Waals surface area contributed by atoms with Crippen molar-refractivity contribution in [2.45, 2.75) is 50.2 Å². The fourth-order valence-electron chi connectivity index (χ4n) is 3.17. The number of nitrogens with zero attached hydrogens (tertiary/aromatic N) is 1. The second kappa shape index (κ2) is 8.82. The normalized spacial score (nSPS) is 24.9. The summed E-state index contributed by atoms with van der Waals surface area (Å²) in [7, 11) is 0. The van der Waals surface area contributed by atoms with Gasteiger partial charge in [-0.05, 0) is 24.9 Å². The van der Waals surface area contributed by atoms with Crippen LogP contribution in [0.5, 0.6) is 0 Å². The number of rotatable bonds is 7. The molecule has 1 aromatic carbocycles. The van der Waals surface area contributed by atoms with Crippen LogP contribution >= 0.6 is 11.8 Å². The van der Waals surface area contributed by atoms with E-state index < -0.39 is 0 Å². The molecule has 118 valence electrons. The van der Waals surface area contributed by atoms with Gasteiger partial charge in [0.2, 0.25) is 0 Å². The number of benzene rings is 1. The average molecular weight is 307 g/mol. The Labute approximate surface area is 134 Å². The van der Waals surface area contributed by atoms with E-state index in [0.29, 0.717) is 6.04 Å². The summed E-state index contributed by atoms with van der Waals surface area (Å²) in [4.78, 5) is 2.65. The highest BCUT2D eigenvalue weighted by Gasteiger charge is 2.22. The minimum Gasteiger partial charge on any atom is -0.310 e. The molecule has 1 heterocycles. The summed E-state index contributed by atoms with van der Waals surface area (Å²) in [6.07, 6.45) is 2.39. The van der Waals surface area contributed by atoms with Crippen LogP contribution in [0.25, 0.3) is 0 Å². The van der Waals surface area contributed by atoms with Crippen LogP contribution in [0.4, 0.5) is 0 Å². The third-order valence-corrected chi connectivity index (χ3v) is 5.30. The van der Waals surface area contributed by atoms with Gasteiger partial charge in [-0.3, -0.25) is 0 Å². The quantitative estimate of drug-likeness (QED) is 0.821. The Morgan fingerprint density at radius 2 is 1.86 bits per heavy atom. The van der Waals surface area contributed by atoms with Gasteiger partial charge in [0.25, 0.3) is 0 Å². The van der Waals surface area contributed by atoms with Crippen molar-refractivity contribution in [1.29, 1.82) is 0 Å². The fraction of sp³-hybridized carbons (Fsp3) is 0.667. The molecule has 2 nitrogen and oxygen atoms in total. The predicted molar refractivity (Wildman–Crippen MR) is 95.0 cm³/mol. The maximum absolute atomic E-state index is 3.72. The van der Waals surface area contributed by atoms with E-state index in [4.69, 9.17) is 0 Å². The molecular formula is C18H30N2S. The van der Waals surface area contributed by atoms with Crippen molar-refractivity contribution in [2.24, 2.45) is 0 Å². The highest BCUT2D eigenvalue weighted by atomic mass is 32.2. The van der Waals surface area contributed by atoms with Crippen LogP contribution in [0.3, 0.4) is 0 Å². The maximum Gasteiger partial charge on any atom is 0.0332 e. The molecule has 0 saturated carbocycles. The summed E-state index contributed by atoms with van der Waals surface area (Å²) >= 11 is 2.13. The molecule has 1 saturated heterocycles. The molecule has 3 heteroatoms. The second-order valence-electron chi connectivity index (χ2n) is 6.22. The summed E-state index contributed by atoms with van der Waals surface area (Å²) in [5.74, 6) is 0. The summed E-state index contributed by atoms with van der Waals surface area (Å²) in [6, 6.07) is 11.4. The Kier molecular flexibility index (Phi) is 7.08. The largest absolute Gasteiger partial charge is 0.310 e. The van der Waals surface area contributed by atoms with Crippen molar-refractivity contribution in [3.63, 3.8) is 0 Å². The summed E-state index contributed by atoms with van der Waals surface area (Å²) in [6.45, 7) is 11.7. The van der Waals surface area contributed by atoms with E-state index in [9.17, 15) is 0 Å². The van der Waals surface area contributed by atoms with Gasteiger partial charge in [0.15, 0.2) is 0 Å². The van der Waals surface area contributed by atoms with E-state index >= 15 is 0 Å². The van der Waals surface area contributed by atoms with Gasteiger partial charge in [0.05, 0.1) is 0 Å². The number of hydrogen-bond acceptors (Lipinski definition) is 3. The molecule has 0 aliphatic carbocycles. The Morgan fingerprint density at radius 3 is 2.48 bits per heavy atom. The molecule has 0 aromatic heterocycles. The lowest BCUT2D eigenvalue weighted by atomic mass is 10.0. The zero-order valence-corrected chi connectivity index (χ0v) is 14.5. The standard InChI is InChI=1S/C18H30N2S/c1-4-11-19-18(17-8-6-5-7-9-17)10-12-20-13-15(2)21-16(3)14-20/h5-9,15-16,18-19H,4,10-14H2,1-3H3. The molecule has 1 aliphatic heterocycles. The molecule has 3 unspecified atom stereocenters. The molecule has 3 atom stereocenters. The molecule has 0 spiro atoms. The van der Waals surface area contributed by atoms with E-state index in [-0.39, 0.29) is 0 Å². The van der Waals surface area contributed by atoms with Gasteiger partial charge in [-0.2, -0.15) is 11.8 Å². The number of hydrogen-bond donors (Lipinski definition) is 1. The minimum absolute atomic E-state index is 0.492. The third kappa shape index (κ3) is 5.65. The van der Waals surface area contributed by atoms with E-state index in [2.05, 4.69) is 73.1 Å². The molecule has 0 amide bonds. The fourth-order valence-corrected chi connectivity index (χ4v) is 4.56. The van der Waals surface area contributed by atoms with Crippen LogP contribution in [-0.2, 0) is 0 Å². The first-order valence-corrected chi connectivity index (χ1v) is 9.29. The second-order valence-corrected chi connectivity index (χ2v) is 8.10. The Morgan fingerprint density at radius 1 is 1.19 bits per heavy atom. The van der Waals surface area contributed by atoms with Crippen molar-refractivity contribution in [1.82, 2.24) is 10.2 Å². The van der Waals surface area contributed by atoms with Crippen molar-refractivity contribution < 1.29 is 0 Å².